The lowest BCUT2D eigenvalue weighted by atomic mass is 9.99. The molecule has 1 aromatic heterocycles. The standard InChI is InChI=1S/C27H27N3O4S/c1-32-24-11-10-19(13-25(24)33-2)21-14-23(18-7-4-3-5-8-18)30-27(22(21)15-28)35-17-26(31)29-16-20-9-6-12-34-20/h3-5,7-8,10-11,13-14,20H,6,9,12,16-17H2,1-2H3,(H,29,31). The van der Waals surface area contributed by atoms with Gasteiger partial charge in [-0.25, -0.2) is 4.98 Å². The maximum Gasteiger partial charge on any atom is 0.230 e. The Morgan fingerprint density at radius 3 is 2.63 bits per heavy atom. The second kappa shape index (κ2) is 11.7. The number of carbonyl (C=O) groups is 1. The van der Waals surface area contributed by atoms with Crippen LogP contribution in [0.5, 0.6) is 11.5 Å². The number of rotatable bonds is 9. The number of ether oxygens (including phenoxy) is 3. The van der Waals surface area contributed by atoms with Crippen molar-refractivity contribution in [3.05, 3.63) is 60.2 Å². The third-order valence-corrected chi connectivity index (χ3v) is 6.73. The average molecular weight is 490 g/mol. The predicted octanol–water partition coefficient (Wildman–Crippen LogP) is 4.69. The number of nitrogens with one attached hydrogen (secondary N) is 1. The predicted molar refractivity (Wildman–Crippen MR) is 136 cm³/mol. The van der Waals surface area contributed by atoms with Crippen LogP contribution in [0.2, 0.25) is 0 Å². The molecule has 1 N–H and O–H groups in total. The number of aromatic nitrogens is 1. The zero-order valence-corrected chi connectivity index (χ0v) is 20.6. The largest absolute Gasteiger partial charge is 0.493 e. The summed E-state index contributed by atoms with van der Waals surface area (Å²) in [4.78, 5) is 17.3. The molecule has 1 fully saturated rings. The Morgan fingerprint density at radius 1 is 1.14 bits per heavy atom. The molecule has 2 heterocycles. The van der Waals surface area contributed by atoms with Crippen LogP contribution in [0.4, 0.5) is 0 Å². The van der Waals surface area contributed by atoms with E-state index in [1.807, 2.05) is 54.6 Å². The van der Waals surface area contributed by atoms with Crippen molar-refractivity contribution >= 4 is 17.7 Å². The number of hydrogen-bond acceptors (Lipinski definition) is 7. The van der Waals surface area contributed by atoms with E-state index in [-0.39, 0.29) is 17.8 Å². The van der Waals surface area contributed by atoms with Crippen LogP contribution in [-0.4, -0.2) is 50.1 Å². The Hall–Kier alpha value is -3.54. The molecule has 1 aliphatic rings. The maximum absolute atomic E-state index is 12.5. The summed E-state index contributed by atoms with van der Waals surface area (Å²) in [7, 11) is 3.15. The van der Waals surface area contributed by atoms with E-state index in [1.54, 1.807) is 14.2 Å². The molecule has 0 spiro atoms. The molecule has 2 aromatic carbocycles. The van der Waals surface area contributed by atoms with Gasteiger partial charge >= 0.3 is 0 Å². The van der Waals surface area contributed by atoms with Crippen molar-refractivity contribution in [2.24, 2.45) is 0 Å². The normalized spacial score (nSPS) is 14.8. The van der Waals surface area contributed by atoms with Gasteiger partial charge in [0.2, 0.25) is 5.91 Å². The van der Waals surface area contributed by atoms with E-state index >= 15 is 0 Å². The molecule has 0 aliphatic carbocycles. The van der Waals surface area contributed by atoms with E-state index in [1.165, 1.54) is 11.8 Å². The minimum atomic E-state index is -0.117. The Bertz CT molecular complexity index is 1220. The van der Waals surface area contributed by atoms with Crippen LogP contribution in [0, 0.1) is 11.3 Å². The summed E-state index contributed by atoms with van der Waals surface area (Å²) in [5.74, 6) is 1.20. The summed E-state index contributed by atoms with van der Waals surface area (Å²) in [5.41, 5.74) is 3.56. The number of amides is 1. The van der Waals surface area contributed by atoms with E-state index in [0.29, 0.717) is 34.2 Å². The van der Waals surface area contributed by atoms with Crippen LogP contribution in [0.15, 0.2) is 59.6 Å². The molecule has 35 heavy (non-hydrogen) atoms. The number of pyridine rings is 1. The molecule has 1 aliphatic heterocycles. The van der Waals surface area contributed by atoms with Gasteiger partial charge in [0.15, 0.2) is 11.5 Å². The molecule has 1 atom stereocenters. The van der Waals surface area contributed by atoms with Gasteiger partial charge in [0.25, 0.3) is 0 Å². The highest BCUT2D eigenvalue weighted by atomic mass is 32.2. The number of hydrogen-bond donors (Lipinski definition) is 1. The fraction of sp³-hybridized carbons (Fsp3) is 0.296. The minimum Gasteiger partial charge on any atom is -0.493 e. The van der Waals surface area contributed by atoms with Gasteiger partial charge in [0.05, 0.1) is 37.3 Å². The van der Waals surface area contributed by atoms with Gasteiger partial charge in [-0.1, -0.05) is 48.2 Å². The molecule has 0 bridgehead atoms. The Labute approximate surface area is 209 Å². The highest BCUT2D eigenvalue weighted by Gasteiger charge is 2.20. The number of methoxy groups -OCH3 is 2. The van der Waals surface area contributed by atoms with Crippen molar-refractivity contribution in [2.45, 2.75) is 24.0 Å². The van der Waals surface area contributed by atoms with Gasteiger partial charge in [0, 0.05) is 24.3 Å². The van der Waals surface area contributed by atoms with Gasteiger partial charge in [-0.2, -0.15) is 5.26 Å². The number of nitrogens with zero attached hydrogens (tertiary/aromatic N) is 2. The molecule has 8 heteroatoms. The van der Waals surface area contributed by atoms with Gasteiger partial charge in [0.1, 0.15) is 11.1 Å². The number of thioether (sulfide) groups is 1. The number of nitriles is 1. The first-order valence-corrected chi connectivity index (χ1v) is 12.4. The van der Waals surface area contributed by atoms with Crippen molar-refractivity contribution in [2.75, 3.05) is 33.1 Å². The van der Waals surface area contributed by atoms with Crippen LogP contribution in [-0.2, 0) is 9.53 Å². The van der Waals surface area contributed by atoms with Crippen LogP contribution in [0.3, 0.4) is 0 Å². The highest BCUT2D eigenvalue weighted by molar-refractivity contribution is 8.00. The van der Waals surface area contributed by atoms with E-state index < -0.39 is 0 Å². The SMILES string of the molecule is COc1ccc(-c2cc(-c3ccccc3)nc(SCC(=O)NCC3CCCO3)c2C#N)cc1OC. The van der Waals surface area contributed by atoms with Crippen LogP contribution in [0.25, 0.3) is 22.4 Å². The molecule has 0 saturated carbocycles. The summed E-state index contributed by atoms with van der Waals surface area (Å²) in [6.45, 7) is 1.24. The molecule has 180 valence electrons. The van der Waals surface area contributed by atoms with Crippen molar-refractivity contribution < 1.29 is 19.0 Å². The minimum absolute atomic E-state index is 0.0785. The molecular weight excluding hydrogens is 462 g/mol. The smallest absolute Gasteiger partial charge is 0.230 e. The van der Waals surface area contributed by atoms with Crippen LogP contribution in [0.1, 0.15) is 18.4 Å². The molecule has 0 radical (unpaired) electrons. The van der Waals surface area contributed by atoms with E-state index in [4.69, 9.17) is 19.2 Å². The lowest BCUT2D eigenvalue weighted by Crippen LogP contribution is -2.32. The Morgan fingerprint density at radius 2 is 1.94 bits per heavy atom. The van der Waals surface area contributed by atoms with Gasteiger partial charge in [-0.05, 0) is 36.6 Å². The molecule has 7 nitrogen and oxygen atoms in total. The van der Waals surface area contributed by atoms with Crippen LogP contribution >= 0.6 is 11.8 Å². The summed E-state index contributed by atoms with van der Waals surface area (Å²) >= 11 is 1.26. The van der Waals surface area contributed by atoms with Crippen molar-refractivity contribution in [1.29, 1.82) is 5.26 Å². The summed E-state index contributed by atoms with van der Waals surface area (Å²) < 4.78 is 16.4. The second-order valence-electron chi connectivity index (χ2n) is 8.01. The third-order valence-electron chi connectivity index (χ3n) is 5.75. The van der Waals surface area contributed by atoms with Crippen molar-refractivity contribution in [3.8, 4) is 40.0 Å². The molecule has 1 unspecified atom stereocenters. The summed E-state index contributed by atoms with van der Waals surface area (Å²) in [6.07, 6.45) is 2.06. The summed E-state index contributed by atoms with van der Waals surface area (Å²) in [6, 6.07) is 19.5. The maximum atomic E-state index is 12.5. The fourth-order valence-electron chi connectivity index (χ4n) is 3.94. The van der Waals surface area contributed by atoms with E-state index in [2.05, 4.69) is 11.4 Å². The topological polar surface area (TPSA) is 93.5 Å². The molecule has 1 amide bonds. The average Bonchev–Trinajstić information content (AvgIpc) is 3.44. The molecule has 3 aromatic rings. The molecular formula is C27H27N3O4S. The van der Waals surface area contributed by atoms with Gasteiger partial charge in [-0.15, -0.1) is 0 Å². The first-order chi connectivity index (χ1) is 17.1. The Kier molecular flexibility index (Phi) is 8.24. The van der Waals surface area contributed by atoms with Crippen molar-refractivity contribution in [3.63, 3.8) is 0 Å². The second-order valence-corrected chi connectivity index (χ2v) is 8.97. The zero-order chi connectivity index (χ0) is 24.6. The summed E-state index contributed by atoms with van der Waals surface area (Å²) in [5, 5.41) is 13.5. The quantitative estimate of drug-likeness (QED) is 0.436. The van der Waals surface area contributed by atoms with Gasteiger partial charge in [-0.3, -0.25) is 4.79 Å². The lowest BCUT2D eigenvalue weighted by molar-refractivity contribution is -0.119. The number of benzene rings is 2. The first kappa shape index (κ1) is 24.6. The fourth-order valence-corrected chi connectivity index (χ4v) is 4.77. The third kappa shape index (κ3) is 5.94. The molecule has 4 rings (SSSR count). The Balaban J connectivity index is 1.67. The number of carbonyl (C=O) groups excluding carboxylic acids is 1. The lowest BCUT2D eigenvalue weighted by Gasteiger charge is -2.15. The van der Waals surface area contributed by atoms with Crippen molar-refractivity contribution in [1.82, 2.24) is 10.3 Å². The van der Waals surface area contributed by atoms with Gasteiger partial charge < -0.3 is 19.5 Å². The van der Waals surface area contributed by atoms with E-state index in [0.717, 1.165) is 36.3 Å². The monoisotopic (exact) mass is 489 g/mol. The highest BCUT2D eigenvalue weighted by Crippen LogP contribution is 2.38. The van der Waals surface area contributed by atoms with Crippen LogP contribution < -0.4 is 14.8 Å². The molecule has 1 saturated heterocycles. The zero-order valence-electron chi connectivity index (χ0n) is 19.7. The first-order valence-electron chi connectivity index (χ1n) is 11.4. The van der Waals surface area contributed by atoms with E-state index in [9.17, 15) is 10.1 Å².